The zero-order chi connectivity index (χ0) is 12.5. The van der Waals surface area contributed by atoms with Crippen LogP contribution in [0.5, 0.6) is 0 Å². The molecule has 1 aliphatic heterocycles. The molecule has 4 nitrogen and oxygen atoms in total. The van der Waals surface area contributed by atoms with Crippen LogP contribution in [0.4, 0.5) is 5.69 Å². The Hall–Kier alpha value is -1.07. The van der Waals surface area contributed by atoms with Crippen molar-refractivity contribution in [2.45, 2.75) is 24.7 Å². The summed E-state index contributed by atoms with van der Waals surface area (Å²) in [7, 11) is -3.36. The lowest BCUT2D eigenvalue weighted by Crippen LogP contribution is -2.39. The lowest BCUT2D eigenvalue weighted by atomic mass is 10.0. The molecule has 94 valence electrons. The maximum atomic E-state index is 12.4. The predicted molar refractivity (Wildman–Crippen MR) is 68.0 cm³/mol. The topological polar surface area (TPSA) is 63.4 Å². The first-order chi connectivity index (χ1) is 8.00. The van der Waals surface area contributed by atoms with Crippen molar-refractivity contribution in [1.82, 2.24) is 4.31 Å². The van der Waals surface area contributed by atoms with Crippen molar-refractivity contribution in [1.29, 1.82) is 0 Å². The molecule has 0 amide bonds. The van der Waals surface area contributed by atoms with E-state index in [0.717, 1.165) is 12.8 Å². The molecule has 0 spiro atoms. The van der Waals surface area contributed by atoms with E-state index in [9.17, 15) is 8.42 Å². The van der Waals surface area contributed by atoms with E-state index < -0.39 is 10.0 Å². The van der Waals surface area contributed by atoms with E-state index in [1.54, 1.807) is 22.5 Å². The van der Waals surface area contributed by atoms with Gasteiger partial charge in [0.2, 0.25) is 10.0 Å². The summed E-state index contributed by atoms with van der Waals surface area (Å²) in [5.41, 5.74) is 6.11. The first kappa shape index (κ1) is 12.4. The fourth-order valence-corrected chi connectivity index (χ4v) is 3.84. The number of benzene rings is 1. The van der Waals surface area contributed by atoms with Crippen LogP contribution < -0.4 is 5.73 Å². The number of nitrogen functional groups attached to an aromatic ring is 1. The quantitative estimate of drug-likeness (QED) is 0.817. The standard InChI is InChI=1S/C12H18N2O2S/c1-10-4-3-7-14(9-10)17(15,16)12-6-2-5-11(13)8-12/h2,5-6,8,10H,3-4,7,9,13H2,1H3. The van der Waals surface area contributed by atoms with Crippen molar-refractivity contribution < 1.29 is 8.42 Å². The van der Waals surface area contributed by atoms with E-state index in [1.807, 2.05) is 0 Å². The minimum atomic E-state index is -3.36. The number of sulfonamides is 1. The summed E-state index contributed by atoms with van der Waals surface area (Å²) >= 11 is 0. The highest BCUT2D eigenvalue weighted by atomic mass is 32.2. The van der Waals surface area contributed by atoms with Gasteiger partial charge in [-0.15, -0.1) is 0 Å². The van der Waals surface area contributed by atoms with Gasteiger partial charge in [-0.25, -0.2) is 8.42 Å². The third-order valence-corrected chi connectivity index (χ3v) is 4.98. The molecule has 2 rings (SSSR count). The molecule has 1 aromatic carbocycles. The van der Waals surface area contributed by atoms with Crippen LogP contribution in [0.25, 0.3) is 0 Å². The van der Waals surface area contributed by atoms with Gasteiger partial charge in [0.15, 0.2) is 0 Å². The second-order valence-electron chi connectivity index (χ2n) is 4.68. The van der Waals surface area contributed by atoms with Crippen molar-refractivity contribution in [3.05, 3.63) is 24.3 Å². The van der Waals surface area contributed by atoms with E-state index >= 15 is 0 Å². The third-order valence-electron chi connectivity index (χ3n) is 3.12. The lowest BCUT2D eigenvalue weighted by molar-refractivity contribution is 0.281. The fourth-order valence-electron chi connectivity index (χ4n) is 2.19. The zero-order valence-electron chi connectivity index (χ0n) is 9.96. The van der Waals surface area contributed by atoms with E-state index in [4.69, 9.17) is 5.73 Å². The number of rotatable bonds is 2. The van der Waals surface area contributed by atoms with Gasteiger partial charge in [0.1, 0.15) is 0 Å². The van der Waals surface area contributed by atoms with Gasteiger partial charge in [0.05, 0.1) is 4.90 Å². The van der Waals surface area contributed by atoms with Crippen LogP contribution in [0.15, 0.2) is 29.2 Å². The van der Waals surface area contributed by atoms with E-state index in [0.29, 0.717) is 29.6 Å². The molecule has 1 atom stereocenters. The summed E-state index contributed by atoms with van der Waals surface area (Å²) in [4.78, 5) is 0.298. The molecule has 0 aromatic heterocycles. The molecule has 0 bridgehead atoms. The van der Waals surface area contributed by atoms with E-state index in [-0.39, 0.29) is 0 Å². The summed E-state index contributed by atoms with van der Waals surface area (Å²) < 4.78 is 26.3. The van der Waals surface area contributed by atoms with Gasteiger partial charge in [-0.2, -0.15) is 4.31 Å². The number of hydrogen-bond acceptors (Lipinski definition) is 3. The smallest absolute Gasteiger partial charge is 0.243 e. The Morgan fingerprint density at radius 1 is 1.41 bits per heavy atom. The van der Waals surface area contributed by atoms with Crippen LogP contribution in [-0.2, 0) is 10.0 Å². The number of nitrogens with two attached hydrogens (primary N) is 1. The molecule has 1 unspecified atom stereocenters. The molecular formula is C12H18N2O2S. The second-order valence-corrected chi connectivity index (χ2v) is 6.62. The molecule has 1 aliphatic rings. The molecule has 0 radical (unpaired) electrons. The lowest BCUT2D eigenvalue weighted by Gasteiger charge is -2.30. The third kappa shape index (κ3) is 2.61. The highest BCUT2D eigenvalue weighted by Gasteiger charge is 2.28. The SMILES string of the molecule is CC1CCCN(S(=O)(=O)c2cccc(N)c2)C1. The Kier molecular flexibility index (Phi) is 3.40. The van der Waals surface area contributed by atoms with Gasteiger partial charge in [0.25, 0.3) is 0 Å². The second kappa shape index (κ2) is 4.66. The summed E-state index contributed by atoms with van der Waals surface area (Å²) in [5.74, 6) is 0.430. The van der Waals surface area contributed by atoms with Crippen molar-refractivity contribution >= 4 is 15.7 Å². The summed E-state index contributed by atoms with van der Waals surface area (Å²) in [5, 5.41) is 0. The first-order valence-electron chi connectivity index (χ1n) is 5.86. The molecule has 17 heavy (non-hydrogen) atoms. The van der Waals surface area contributed by atoms with Crippen molar-refractivity contribution in [3.63, 3.8) is 0 Å². The summed E-state index contributed by atoms with van der Waals surface area (Å²) in [6.45, 7) is 3.31. The highest BCUT2D eigenvalue weighted by Crippen LogP contribution is 2.24. The van der Waals surface area contributed by atoms with Gasteiger partial charge in [-0.05, 0) is 37.0 Å². The van der Waals surface area contributed by atoms with E-state index in [2.05, 4.69) is 6.92 Å². The number of piperidine rings is 1. The van der Waals surface area contributed by atoms with Gasteiger partial charge < -0.3 is 5.73 Å². The molecule has 0 saturated carbocycles. The monoisotopic (exact) mass is 254 g/mol. The van der Waals surface area contributed by atoms with Gasteiger partial charge >= 0.3 is 0 Å². The molecule has 5 heteroatoms. The van der Waals surface area contributed by atoms with E-state index in [1.165, 1.54) is 6.07 Å². The maximum Gasteiger partial charge on any atom is 0.243 e. The molecule has 1 fully saturated rings. The van der Waals surface area contributed by atoms with Crippen LogP contribution in [-0.4, -0.2) is 25.8 Å². The molecule has 1 saturated heterocycles. The Bertz CT molecular complexity index is 499. The van der Waals surface area contributed by atoms with Gasteiger partial charge in [-0.3, -0.25) is 0 Å². The van der Waals surface area contributed by atoms with Crippen molar-refractivity contribution in [2.24, 2.45) is 5.92 Å². The summed E-state index contributed by atoms with van der Waals surface area (Å²) in [6, 6.07) is 6.49. The van der Waals surface area contributed by atoms with Gasteiger partial charge in [-0.1, -0.05) is 13.0 Å². The Morgan fingerprint density at radius 2 is 2.18 bits per heavy atom. The first-order valence-corrected chi connectivity index (χ1v) is 7.30. The average molecular weight is 254 g/mol. The zero-order valence-corrected chi connectivity index (χ0v) is 10.8. The van der Waals surface area contributed by atoms with Crippen LogP contribution in [0.3, 0.4) is 0 Å². The normalized spacial score (nSPS) is 22.5. The maximum absolute atomic E-state index is 12.4. The van der Waals surface area contributed by atoms with Crippen LogP contribution in [0.1, 0.15) is 19.8 Å². The van der Waals surface area contributed by atoms with Gasteiger partial charge in [0, 0.05) is 18.8 Å². The number of hydrogen-bond donors (Lipinski definition) is 1. The van der Waals surface area contributed by atoms with Crippen LogP contribution in [0.2, 0.25) is 0 Å². The highest BCUT2D eigenvalue weighted by molar-refractivity contribution is 7.89. The minimum absolute atomic E-state index is 0.298. The summed E-state index contributed by atoms with van der Waals surface area (Å²) in [6.07, 6.45) is 2.03. The van der Waals surface area contributed by atoms with Crippen LogP contribution in [0, 0.1) is 5.92 Å². The molecular weight excluding hydrogens is 236 g/mol. The fraction of sp³-hybridized carbons (Fsp3) is 0.500. The Morgan fingerprint density at radius 3 is 2.82 bits per heavy atom. The largest absolute Gasteiger partial charge is 0.399 e. The Labute approximate surface area is 102 Å². The predicted octanol–water partition coefficient (Wildman–Crippen LogP) is 1.69. The molecule has 2 N–H and O–H groups in total. The van der Waals surface area contributed by atoms with Crippen LogP contribution >= 0.6 is 0 Å². The Balaban J connectivity index is 2.29. The molecule has 1 aromatic rings. The number of nitrogens with zero attached hydrogens (tertiary/aromatic N) is 1. The molecule has 0 aliphatic carbocycles. The van der Waals surface area contributed by atoms with Crippen molar-refractivity contribution in [2.75, 3.05) is 18.8 Å². The average Bonchev–Trinajstić information content (AvgIpc) is 2.29. The minimum Gasteiger partial charge on any atom is -0.399 e. The number of anilines is 1. The van der Waals surface area contributed by atoms with Crippen molar-refractivity contribution in [3.8, 4) is 0 Å². The molecule has 1 heterocycles.